The number of ether oxygens (including phenoxy) is 1. The molecule has 0 aliphatic heterocycles. The number of hydrogen-bond donors (Lipinski definition) is 1. The Hall–Kier alpha value is -3.22. The van der Waals surface area contributed by atoms with Crippen LogP contribution in [0.3, 0.4) is 0 Å². The molecule has 0 aliphatic rings. The molecule has 1 N–H and O–H groups in total. The third-order valence-corrected chi connectivity index (χ3v) is 3.06. The largest absolute Gasteiger partial charge is 0.472 e. The molecule has 0 bridgehead atoms. The molecule has 3 aromatic rings. The highest BCUT2D eigenvalue weighted by atomic mass is 16.5. The first-order valence-electron chi connectivity index (χ1n) is 6.95. The number of rotatable bonds is 5. The van der Waals surface area contributed by atoms with Crippen molar-refractivity contribution in [1.82, 2.24) is 20.3 Å². The summed E-state index contributed by atoms with van der Waals surface area (Å²) in [6.45, 7) is 0.370. The lowest BCUT2D eigenvalue weighted by Crippen LogP contribution is -2.24. The summed E-state index contributed by atoms with van der Waals surface area (Å²) in [6, 6.07) is 5.40. The van der Waals surface area contributed by atoms with Gasteiger partial charge < -0.3 is 14.5 Å². The van der Waals surface area contributed by atoms with Crippen molar-refractivity contribution in [2.75, 3.05) is 0 Å². The van der Waals surface area contributed by atoms with Gasteiger partial charge in [0.1, 0.15) is 6.61 Å². The maximum absolute atomic E-state index is 11.8. The Balaban J connectivity index is 1.57. The molecule has 7 nitrogen and oxygen atoms in total. The first-order chi connectivity index (χ1) is 11.3. The lowest BCUT2D eigenvalue weighted by molar-refractivity contribution is 0.139. The first-order valence-corrected chi connectivity index (χ1v) is 6.95. The van der Waals surface area contributed by atoms with Crippen molar-refractivity contribution in [3.63, 3.8) is 0 Å². The average Bonchev–Trinajstić information content (AvgIpc) is 3.14. The van der Waals surface area contributed by atoms with E-state index >= 15 is 0 Å². The molecular weight excluding hydrogens is 296 g/mol. The zero-order valence-corrected chi connectivity index (χ0v) is 12.2. The maximum Gasteiger partial charge on any atom is 0.407 e. The second-order valence-electron chi connectivity index (χ2n) is 4.65. The van der Waals surface area contributed by atoms with Gasteiger partial charge in [0.25, 0.3) is 0 Å². The lowest BCUT2D eigenvalue weighted by Gasteiger charge is -2.08. The molecule has 116 valence electrons. The molecule has 3 heterocycles. The number of amides is 1. The average molecular weight is 310 g/mol. The second-order valence-corrected chi connectivity index (χ2v) is 4.65. The molecule has 0 saturated carbocycles. The first kappa shape index (κ1) is 14.7. The molecule has 7 heteroatoms. The minimum absolute atomic E-state index is 0.161. The van der Waals surface area contributed by atoms with Crippen molar-refractivity contribution < 1.29 is 13.9 Å². The van der Waals surface area contributed by atoms with Crippen molar-refractivity contribution in [1.29, 1.82) is 0 Å². The molecule has 3 aromatic heterocycles. The van der Waals surface area contributed by atoms with Gasteiger partial charge in [-0.15, -0.1) is 0 Å². The van der Waals surface area contributed by atoms with E-state index in [1.165, 1.54) is 0 Å². The molecular formula is C16H14N4O3. The Bertz CT molecular complexity index is 760. The lowest BCUT2D eigenvalue weighted by atomic mass is 10.2. The summed E-state index contributed by atoms with van der Waals surface area (Å²) < 4.78 is 10.2. The van der Waals surface area contributed by atoms with E-state index in [-0.39, 0.29) is 13.2 Å². The Morgan fingerprint density at radius 2 is 2.13 bits per heavy atom. The fourth-order valence-corrected chi connectivity index (χ4v) is 1.98. The normalized spacial score (nSPS) is 10.3. The molecule has 1 amide bonds. The van der Waals surface area contributed by atoms with Gasteiger partial charge in [0.05, 0.1) is 30.5 Å². The molecule has 0 radical (unpaired) electrons. The minimum atomic E-state index is -0.530. The van der Waals surface area contributed by atoms with Crippen LogP contribution in [0.25, 0.3) is 11.3 Å². The van der Waals surface area contributed by atoms with Crippen LogP contribution in [0.5, 0.6) is 0 Å². The van der Waals surface area contributed by atoms with E-state index in [0.29, 0.717) is 11.4 Å². The van der Waals surface area contributed by atoms with E-state index in [1.54, 1.807) is 49.4 Å². The van der Waals surface area contributed by atoms with Crippen LogP contribution in [0.2, 0.25) is 0 Å². The van der Waals surface area contributed by atoms with Crippen molar-refractivity contribution in [3.8, 4) is 11.3 Å². The van der Waals surface area contributed by atoms with E-state index < -0.39 is 6.09 Å². The SMILES string of the molecule is O=C(NCc1nccnc1-c1ccoc1)OCc1cccnc1. The quantitative estimate of drug-likeness (QED) is 0.779. The van der Waals surface area contributed by atoms with Crippen molar-refractivity contribution >= 4 is 6.09 Å². The van der Waals surface area contributed by atoms with Gasteiger partial charge in [-0.05, 0) is 12.1 Å². The predicted octanol–water partition coefficient (Wildman–Crippen LogP) is 2.56. The van der Waals surface area contributed by atoms with Crippen LogP contribution in [0.15, 0.2) is 59.9 Å². The van der Waals surface area contributed by atoms with Gasteiger partial charge in [0.15, 0.2) is 0 Å². The number of pyridine rings is 1. The molecule has 0 atom stereocenters. The number of carbonyl (C=O) groups excluding carboxylic acids is 1. The van der Waals surface area contributed by atoms with Crippen molar-refractivity contribution in [2.45, 2.75) is 13.2 Å². The minimum Gasteiger partial charge on any atom is -0.472 e. The van der Waals surface area contributed by atoms with Gasteiger partial charge in [-0.1, -0.05) is 6.07 Å². The molecule has 0 aromatic carbocycles. The van der Waals surface area contributed by atoms with Crippen LogP contribution in [0.4, 0.5) is 4.79 Å². The zero-order valence-electron chi connectivity index (χ0n) is 12.2. The number of alkyl carbamates (subject to hydrolysis) is 1. The van der Waals surface area contributed by atoms with Crippen LogP contribution in [-0.4, -0.2) is 21.0 Å². The molecule has 3 rings (SSSR count). The summed E-state index contributed by atoms with van der Waals surface area (Å²) >= 11 is 0. The number of furan rings is 1. The van der Waals surface area contributed by atoms with Gasteiger partial charge in [0.2, 0.25) is 0 Å². The Morgan fingerprint density at radius 1 is 1.22 bits per heavy atom. The van der Waals surface area contributed by atoms with Gasteiger partial charge in [-0.25, -0.2) is 4.79 Å². The highest BCUT2D eigenvalue weighted by Gasteiger charge is 2.11. The van der Waals surface area contributed by atoms with Crippen LogP contribution in [-0.2, 0) is 17.9 Å². The highest BCUT2D eigenvalue weighted by molar-refractivity contribution is 5.68. The van der Waals surface area contributed by atoms with E-state index in [0.717, 1.165) is 11.1 Å². The van der Waals surface area contributed by atoms with E-state index in [2.05, 4.69) is 20.3 Å². The third kappa shape index (κ3) is 3.91. The van der Waals surface area contributed by atoms with Crippen molar-refractivity contribution in [3.05, 3.63) is 66.8 Å². The number of aromatic nitrogens is 3. The van der Waals surface area contributed by atoms with E-state index in [1.807, 2.05) is 6.07 Å². The second kappa shape index (κ2) is 7.17. The van der Waals surface area contributed by atoms with E-state index in [4.69, 9.17) is 9.15 Å². The summed E-state index contributed by atoms with van der Waals surface area (Å²) in [6.07, 6.45) is 9.07. The number of nitrogens with zero attached hydrogens (tertiary/aromatic N) is 3. The summed E-state index contributed by atoms with van der Waals surface area (Å²) in [5.41, 5.74) is 2.92. The Labute approximate surface area is 132 Å². The van der Waals surface area contributed by atoms with Crippen LogP contribution >= 0.6 is 0 Å². The summed E-state index contributed by atoms with van der Waals surface area (Å²) in [7, 11) is 0. The van der Waals surface area contributed by atoms with E-state index in [9.17, 15) is 4.79 Å². The summed E-state index contributed by atoms with van der Waals surface area (Å²) in [4.78, 5) is 24.2. The Kier molecular flexibility index (Phi) is 4.58. The van der Waals surface area contributed by atoms with Crippen LogP contribution in [0.1, 0.15) is 11.3 Å². The van der Waals surface area contributed by atoms with Gasteiger partial charge in [-0.3, -0.25) is 15.0 Å². The maximum atomic E-state index is 11.8. The smallest absolute Gasteiger partial charge is 0.407 e. The van der Waals surface area contributed by atoms with Gasteiger partial charge >= 0.3 is 6.09 Å². The molecule has 0 aliphatic carbocycles. The molecule has 0 fully saturated rings. The summed E-state index contributed by atoms with van der Waals surface area (Å²) in [5, 5.41) is 2.66. The van der Waals surface area contributed by atoms with Crippen LogP contribution < -0.4 is 5.32 Å². The van der Waals surface area contributed by atoms with Gasteiger partial charge in [0, 0.05) is 35.9 Å². The fourth-order valence-electron chi connectivity index (χ4n) is 1.98. The standard InChI is InChI=1S/C16H14N4O3/c21-16(23-10-12-2-1-4-17-8-12)20-9-14-15(19-6-5-18-14)13-3-7-22-11-13/h1-8,11H,9-10H2,(H,20,21). The topological polar surface area (TPSA) is 90.1 Å². The third-order valence-electron chi connectivity index (χ3n) is 3.06. The number of nitrogens with one attached hydrogen (secondary N) is 1. The predicted molar refractivity (Wildman–Crippen MR) is 81.0 cm³/mol. The zero-order chi connectivity index (χ0) is 15.9. The van der Waals surface area contributed by atoms with Gasteiger partial charge in [-0.2, -0.15) is 0 Å². The Morgan fingerprint density at radius 3 is 2.91 bits per heavy atom. The molecule has 0 spiro atoms. The fraction of sp³-hybridized carbons (Fsp3) is 0.125. The molecule has 0 unspecified atom stereocenters. The summed E-state index contributed by atoms with van der Waals surface area (Å²) in [5.74, 6) is 0. The van der Waals surface area contributed by atoms with Crippen molar-refractivity contribution in [2.24, 2.45) is 0 Å². The molecule has 0 saturated heterocycles. The van der Waals surface area contributed by atoms with Crippen LogP contribution in [0, 0.1) is 0 Å². The number of carbonyl (C=O) groups is 1. The molecule has 23 heavy (non-hydrogen) atoms. The number of hydrogen-bond acceptors (Lipinski definition) is 6. The highest BCUT2D eigenvalue weighted by Crippen LogP contribution is 2.19. The monoisotopic (exact) mass is 310 g/mol.